The van der Waals surface area contributed by atoms with Crippen LogP contribution < -0.4 is 16.8 Å². The van der Waals surface area contributed by atoms with E-state index in [2.05, 4.69) is 5.32 Å². The monoisotopic (exact) mass is 201 g/mol. The van der Waals surface area contributed by atoms with Crippen molar-refractivity contribution in [2.45, 2.75) is 33.2 Å². The Morgan fingerprint density at radius 1 is 1.21 bits per heavy atom. The van der Waals surface area contributed by atoms with Gasteiger partial charge in [0.05, 0.1) is 5.41 Å². The Morgan fingerprint density at radius 3 is 1.93 bits per heavy atom. The van der Waals surface area contributed by atoms with Crippen LogP contribution in [0.5, 0.6) is 0 Å². The number of primary amides is 1. The lowest BCUT2D eigenvalue weighted by atomic mass is 9.91. The summed E-state index contributed by atoms with van der Waals surface area (Å²) in [5, 5.41) is 2.55. The average Bonchev–Trinajstić information content (AvgIpc) is 2.03. The van der Waals surface area contributed by atoms with Crippen molar-refractivity contribution in [1.29, 1.82) is 0 Å². The van der Waals surface area contributed by atoms with Crippen LogP contribution in [-0.4, -0.2) is 23.9 Å². The first kappa shape index (κ1) is 12.9. The fourth-order valence-electron chi connectivity index (χ4n) is 0.607. The molecular weight excluding hydrogens is 182 g/mol. The highest BCUT2D eigenvalue weighted by molar-refractivity contribution is 5.91. The molecule has 0 unspecified atom stereocenters. The molecule has 5 heteroatoms. The van der Waals surface area contributed by atoms with Gasteiger partial charge >= 0.3 is 0 Å². The Kier molecular flexibility index (Phi) is 3.65. The molecule has 5 N–H and O–H groups in total. The summed E-state index contributed by atoms with van der Waals surface area (Å²) in [6.07, 6.45) is 0. The minimum atomic E-state index is -1.04. The molecule has 2 amide bonds. The van der Waals surface area contributed by atoms with E-state index in [1.54, 1.807) is 27.7 Å². The van der Waals surface area contributed by atoms with Gasteiger partial charge in [0.25, 0.3) is 0 Å². The summed E-state index contributed by atoms with van der Waals surface area (Å²) in [5.74, 6) is -0.845. The number of nitrogens with two attached hydrogens (primary N) is 2. The van der Waals surface area contributed by atoms with E-state index >= 15 is 0 Å². The van der Waals surface area contributed by atoms with Crippen molar-refractivity contribution in [1.82, 2.24) is 5.32 Å². The molecule has 0 saturated carbocycles. The number of nitrogens with one attached hydrogen (secondary N) is 1. The van der Waals surface area contributed by atoms with E-state index in [0.717, 1.165) is 0 Å². The van der Waals surface area contributed by atoms with Crippen molar-refractivity contribution < 1.29 is 9.59 Å². The molecule has 0 aliphatic carbocycles. The van der Waals surface area contributed by atoms with E-state index in [1.807, 2.05) is 0 Å². The molecule has 82 valence electrons. The Hall–Kier alpha value is -1.10. The summed E-state index contributed by atoms with van der Waals surface area (Å²) in [7, 11) is 0. The molecule has 0 heterocycles. The molecule has 0 spiro atoms. The van der Waals surface area contributed by atoms with Gasteiger partial charge in [-0.1, -0.05) is 0 Å². The molecule has 0 radical (unpaired) electrons. The molecule has 0 saturated heterocycles. The number of carbonyl (C=O) groups excluding carboxylic acids is 2. The molecule has 0 fully saturated rings. The van der Waals surface area contributed by atoms with Gasteiger partial charge in [0.1, 0.15) is 5.54 Å². The zero-order chi connectivity index (χ0) is 11.6. The Morgan fingerprint density at radius 2 is 1.64 bits per heavy atom. The third-order valence-electron chi connectivity index (χ3n) is 2.17. The predicted molar refractivity (Wildman–Crippen MR) is 54.3 cm³/mol. The molecule has 0 aliphatic heterocycles. The molecule has 0 aliphatic rings. The largest absolute Gasteiger partial charge is 0.368 e. The zero-order valence-electron chi connectivity index (χ0n) is 9.18. The molecule has 0 aromatic heterocycles. The lowest BCUT2D eigenvalue weighted by molar-refractivity contribution is -0.135. The molecule has 5 nitrogen and oxygen atoms in total. The second-order valence-corrected chi connectivity index (χ2v) is 4.53. The van der Waals surface area contributed by atoms with Crippen LogP contribution in [0, 0.1) is 5.41 Å². The Bertz CT molecular complexity index is 246. The van der Waals surface area contributed by atoms with Crippen molar-refractivity contribution >= 4 is 11.8 Å². The van der Waals surface area contributed by atoms with Crippen LogP contribution in [0.3, 0.4) is 0 Å². The summed E-state index contributed by atoms with van der Waals surface area (Å²) in [6, 6.07) is 0. The summed E-state index contributed by atoms with van der Waals surface area (Å²) < 4.78 is 0. The van der Waals surface area contributed by atoms with Gasteiger partial charge in [0.2, 0.25) is 11.8 Å². The lowest BCUT2D eigenvalue weighted by Gasteiger charge is -2.28. The molecule has 0 aromatic carbocycles. The van der Waals surface area contributed by atoms with Crippen molar-refractivity contribution in [2.75, 3.05) is 6.54 Å². The van der Waals surface area contributed by atoms with Gasteiger partial charge < -0.3 is 16.8 Å². The first-order chi connectivity index (χ1) is 6.13. The van der Waals surface area contributed by atoms with Crippen LogP contribution >= 0.6 is 0 Å². The highest BCUT2D eigenvalue weighted by atomic mass is 16.2. The van der Waals surface area contributed by atoms with Crippen molar-refractivity contribution in [3.8, 4) is 0 Å². The SMILES string of the molecule is CC(C)(CN)C(=O)NC(C)(C)C(N)=O. The van der Waals surface area contributed by atoms with E-state index in [9.17, 15) is 9.59 Å². The minimum absolute atomic E-state index is 0.216. The zero-order valence-corrected chi connectivity index (χ0v) is 9.18. The van der Waals surface area contributed by atoms with Crippen LogP contribution in [0.15, 0.2) is 0 Å². The molecule has 0 aromatic rings. The van der Waals surface area contributed by atoms with Gasteiger partial charge in [-0.3, -0.25) is 9.59 Å². The number of amides is 2. The van der Waals surface area contributed by atoms with Gasteiger partial charge in [-0.05, 0) is 27.7 Å². The van der Waals surface area contributed by atoms with Crippen molar-refractivity contribution in [3.05, 3.63) is 0 Å². The fraction of sp³-hybridized carbons (Fsp3) is 0.778. The van der Waals surface area contributed by atoms with Crippen LogP contribution in [-0.2, 0) is 9.59 Å². The maximum atomic E-state index is 11.6. The molecular formula is C9H19N3O2. The van der Waals surface area contributed by atoms with Gasteiger partial charge in [-0.15, -0.1) is 0 Å². The van der Waals surface area contributed by atoms with Gasteiger partial charge in [0.15, 0.2) is 0 Å². The van der Waals surface area contributed by atoms with E-state index in [-0.39, 0.29) is 12.5 Å². The third-order valence-corrected chi connectivity index (χ3v) is 2.17. The molecule has 0 bridgehead atoms. The summed E-state index contributed by atoms with van der Waals surface area (Å²) in [5.41, 5.74) is 8.82. The second-order valence-electron chi connectivity index (χ2n) is 4.53. The first-order valence-electron chi connectivity index (χ1n) is 4.46. The topological polar surface area (TPSA) is 98.2 Å². The Balaban J connectivity index is 4.56. The van der Waals surface area contributed by atoms with Crippen molar-refractivity contribution in [3.63, 3.8) is 0 Å². The molecule has 14 heavy (non-hydrogen) atoms. The average molecular weight is 201 g/mol. The highest BCUT2D eigenvalue weighted by Crippen LogP contribution is 2.14. The van der Waals surface area contributed by atoms with Crippen LogP contribution in [0.1, 0.15) is 27.7 Å². The smallest absolute Gasteiger partial charge is 0.242 e. The summed E-state index contributed by atoms with van der Waals surface area (Å²) in [4.78, 5) is 22.6. The number of carbonyl (C=O) groups is 2. The van der Waals surface area contributed by atoms with E-state index in [1.165, 1.54) is 0 Å². The maximum absolute atomic E-state index is 11.6. The normalized spacial score (nSPS) is 12.4. The number of rotatable bonds is 4. The molecule has 0 atom stereocenters. The number of hydrogen-bond acceptors (Lipinski definition) is 3. The quantitative estimate of drug-likeness (QED) is 0.563. The van der Waals surface area contributed by atoms with Gasteiger partial charge in [-0.25, -0.2) is 0 Å². The van der Waals surface area contributed by atoms with E-state index in [4.69, 9.17) is 11.5 Å². The summed E-state index contributed by atoms with van der Waals surface area (Å²) >= 11 is 0. The maximum Gasteiger partial charge on any atom is 0.242 e. The van der Waals surface area contributed by atoms with Crippen LogP contribution in [0.2, 0.25) is 0 Å². The van der Waals surface area contributed by atoms with Gasteiger partial charge in [0, 0.05) is 6.54 Å². The van der Waals surface area contributed by atoms with Gasteiger partial charge in [-0.2, -0.15) is 0 Å². The lowest BCUT2D eigenvalue weighted by Crippen LogP contribution is -2.57. The minimum Gasteiger partial charge on any atom is -0.368 e. The first-order valence-corrected chi connectivity index (χ1v) is 4.46. The Labute approximate surface area is 84.2 Å². The summed E-state index contributed by atoms with van der Waals surface area (Å²) in [6.45, 7) is 6.74. The van der Waals surface area contributed by atoms with Crippen LogP contribution in [0.4, 0.5) is 0 Å². The van der Waals surface area contributed by atoms with Crippen LogP contribution in [0.25, 0.3) is 0 Å². The highest BCUT2D eigenvalue weighted by Gasteiger charge is 2.33. The fourth-order valence-corrected chi connectivity index (χ4v) is 0.607. The number of hydrogen-bond donors (Lipinski definition) is 3. The standard InChI is InChI=1S/C9H19N3O2/c1-8(2,5-10)7(14)12-9(3,4)6(11)13/h5,10H2,1-4H3,(H2,11,13)(H,12,14). The van der Waals surface area contributed by atoms with E-state index in [0.29, 0.717) is 0 Å². The third kappa shape index (κ3) is 2.99. The second kappa shape index (κ2) is 3.96. The predicted octanol–water partition coefficient (Wildman–Crippen LogP) is -0.649. The molecule has 0 rings (SSSR count). The van der Waals surface area contributed by atoms with E-state index < -0.39 is 16.9 Å². The van der Waals surface area contributed by atoms with Crippen molar-refractivity contribution in [2.24, 2.45) is 16.9 Å².